The van der Waals surface area contributed by atoms with Gasteiger partial charge in [-0.05, 0) is 62.7 Å². The Kier molecular flexibility index (Phi) is 6.78. The van der Waals surface area contributed by atoms with Crippen LogP contribution in [0.1, 0.15) is 0 Å². The van der Waals surface area contributed by atoms with Crippen molar-refractivity contribution in [2.75, 3.05) is 0 Å². The fourth-order valence-corrected chi connectivity index (χ4v) is 7.12. The van der Waals surface area contributed by atoms with Crippen LogP contribution >= 0.6 is 0 Å². The van der Waals surface area contributed by atoms with Crippen molar-refractivity contribution in [3.05, 3.63) is 176 Å². The van der Waals surface area contributed by atoms with Crippen molar-refractivity contribution in [3.63, 3.8) is 0 Å². The molecule has 0 aliphatic carbocycles. The summed E-state index contributed by atoms with van der Waals surface area (Å²) in [5, 5.41) is 6.86. The van der Waals surface area contributed by atoms with Crippen LogP contribution in [0.2, 0.25) is 0 Å². The van der Waals surface area contributed by atoms with Crippen LogP contribution in [-0.4, -0.2) is 15.0 Å². The van der Waals surface area contributed by atoms with Gasteiger partial charge in [0, 0.05) is 32.8 Å². The minimum Gasteiger partial charge on any atom is -0.455 e. The number of hydrogen-bond acceptors (Lipinski definition) is 4. The smallest absolute Gasteiger partial charge is 0.164 e. The van der Waals surface area contributed by atoms with E-state index in [1.54, 1.807) is 0 Å². The number of nitrogens with zero attached hydrogens (tertiary/aromatic N) is 3. The Balaban J connectivity index is 1.09. The van der Waals surface area contributed by atoms with Crippen LogP contribution in [0.4, 0.5) is 0 Å². The molecule has 238 valence electrons. The minimum absolute atomic E-state index is 0.599. The van der Waals surface area contributed by atoms with Crippen LogP contribution in [0.3, 0.4) is 0 Å². The fourth-order valence-electron chi connectivity index (χ4n) is 7.12. The molecule has 10 aromatic rings. The Labute approximate surface area is 294 Å². The summed E-state index contributed by atoms with van der Waals surface area (Å²) in [5.74, 6) is 1.86. The Morgan fingerprint density at radius 3 is 1.57 bits per heavy atom. The molecule has 8 aromatic carbocycles. The lowest BCUT2D eigenvalue weighted by Crippen LogP contribution is -2.00. The van der Waals surface area contributed by atoms with E-state index < -0.39 is 0 Å². The molecule has 0 aliphatic rings. The number of aromatic nitrogens is 3. The second-order valence-electron chi connectivity index (χ2n) is 12.8. The van der Waals surface area contributed by atoms with Crippen LogP contribution in [0, 0.1) is 0 Å². The van der Waals surface area contributed by atoms with E-state index in [9.17, 15) is 0 Å². The Bertz CT molecular complexity index is 2840. The van der Waals surface area contributed by atoms with Crippen molar-refractivity contribution in [1.29, 1.82) is 0 Å². The first-order valence-corrected chi connectivity index (χ1v) is 17.1. The summed E-state index contributed by atoms with van der Waals surface area (Å²) in [7, 11) is 0. The maximum atomic E-state index is 6.69. The molecular weight excluding hydrogens is 623 g/mol. The van der Waals surface area contributed by atoms with Crippen LogP contribution in [-0.2, 0) is 0 Å². The molecule has 10 rings (SSSR count). The molecule has 0 radical (unpaired) electrons. The fraction of sp³-hybridized carbons (Fsp3) is 0. The zero-order valence-corrected chi connectivity index (χ0v) is 27.5. The molecule has 0 aliphatic heterocycles. The minimum atomic E-state index is 0.599. The molecule has 0 bridgehead atoms. The van der Waals surface area contributed by atoms with Crippen molar-refractivity contribution >= 4 is 43.5 Å². The number of benzene rings is 8. The average molecular weight is 652 g/mol. The first-order chi connectivity index (χ1) is 25.2. The Hall–Kier alpha value is -6.91. The van der Waals surface area contributed by atoms with Crippen molar-refractivity contribution in [2.24, 2.45) is 0 Å². The zero-order chi connectivity index (χ0) is 33.7. The SMILES string of the molecule is c1ccc(-c2nc(-c3ccccc3)nc(-c3ccc4c(c3)oc3c5ccccc5c(-c5ccc(-c6ccc7ccccc7c6)cc5)cc43)n2)cc1. The average Bonchev–Trinajstić information content (AvgIpc) is 3.59. The van der Waals surface area contributed by atoms with Crippen LogP contribution < -0.4 is 0 Å². The molecule has 4 nitrogen and oxygen atoms in total. The molecule has 0 amide bonds. The molecule has 4 heteroatoms. The maximum absolute atomic E-state index is 6.69. The van der Waals surface area contributed by atoms with E-state index in [1.807, 2.05) is 60.7 Å². The van der Waals surface area contributed by atoms with E-state index >= 15 is 0 Å². The quantitative estimate of drug-likeness (QED) is 0.186. The lowest BCUT2D eigenvalue weighted by atomic mass is 9.93. The molecule has 0 saturated heterocycles. The Morgan fingerprint density at radius 1 is 0.314 bits per heavy atom. The van der Waals surface area contributed by atoms with E-state index in [4.69, 9.17) is 19.4 Å². The van der Waals surface area contributed by atoms with E-state index in [2.05, 4.69) is 115 Å². The molecule has 2 heterocycles. The van der Waals surface area contributed by atoms with Gasteiger partial charge in [0.05, 0.1) is 0 Å². The number of fused-ring (bicyclic) bond motifs is 6. The highest BCUT2D eigenvalue weighted by molar-refractivity contribution is 6.19. The highest BCUT2D eigenvalue weighted by atomic mass is 16.3. The lowest BCUT2D eigenvalue weighted by Gasteiger charge is -2.10. The predicted molar refractivity (Wildman–Crippen MR) is 209 cm³/mol. The monoisotopic (exact) mass is 651 g/mol. The van der Waals surface area contributed by atoms with E-state index in [0.29, 0.717) is 17.5 Å². The van der Waals surface area contributed by atoms with Gasteiger partial charge in [0.15, 0.2) is 17.5 Å². The van der Waals surface area contributed by atoms with Gasteiger partial charge in [0.1, 0.15) is 11.2 Å². The van der Waals surface area contributed by atoms with Gasteiger partial charge in [0.2, 0.25) is 0 Å². The summed E-state index contributed by atoms with van der Waals surface area (Å²) in [6.07, 6.45) is 0. The summed E-state index contributed by atoms with van der Waals surface area (Å²) < 4.78 is 6.69. The van der Waals surface area contributed by atoms with Gasteiger partial charge in [-0.1, -0.05) is 152 Å². The lowest BCUT2D eigenvalue weighted by molar-refractivity contribution is 0.673. The molecular formula is C47H29N3O. The second kappa shape index (κ2) is 11.9. The van der Waals surface area contributed by atoms with Crippen molar-refractivity contribution in [1.82, 2.24) is 15.0 Å². The van der Waals surface area contributed by atoms with Crippen molar-refractivity contribution in [2.45, 2.75) is 0 Å². The summed E-state index contributed by atoms with van der Waals surface area (Å²) in [6, 6.07) is 61.2. The first kappa shape index (κ1) is 29.0. The molecule has 0 fully saturated rings. The van der Waals surface area contributed by atoms with E-state index in [1.165, 1.54) is 27.5 Å². The number of rotatable bonds is 5. The largest absolute Gasteiger partial charge is 0.455 e. The molecule has 51 heavy (non-hydrogen) atoms. The number of hydrogen-bond donors (Lipinski definition) is 0. The standard InChI is InChI=1S/C47H29N3O/c1-3-12-33(13-4-1)45-48-46(34-14-5-2-6-15-34)50-47(49-45)37-25-26-39-42-29-41(38-17-9-10-18-40(38)44(42)51-43(39)28-37)32-22-19-31(20-23-32)36-24-21-30-11-7-8-16-35(30)27-36/h1-29H. The first-order valence-electron chi connectivity index (χ1n) is 17.1. The molecule has 0 saturated carbocycles. The summed E-state index contributed by atoms with van der Waals surface area (Å²) in [5.41, 5.74) is 9.15. The third-order valence-corrected chi connectivity index (χ3v) is 9.72. The molecule has 0 atom stereocenters. The van der Waals surface area contributed by atoms with Crippen molar-refractivity contribution < 1.29 is 4.42 Å². The summed E-state index contributed by atoms with van der Waals surface area (Å²) >= 11 is 0. The zero-order valence-electron chi connectivity index (χ0n) is 27.5. The second-order valence-corrected chi connectivity index (χ2v) is 12.8. The van der Waals surface area contributed by atoms with Crippen molar-refractivity contribution in [3.8, 4) is 56.4 Å². The normalized spacial score (nSPS) is 11.5. The highest BCUT2D eigenvalue weighted by Crippen LogP contribution is 2.41. The van der Waals surface area contributed by atoms with Gasteiger partial charge in [-0.25, -0.2) is 15.0 Å². The predicted octanol–water partition coefficient (Wildman–Crippen LogP) is 12.4. The van der Waals surface area contributed by atoms with Gasteiger partial charge in [-0.3, -0.25) is 0 Å². The Morgan fingerprint density at radius 2 is 0.863 bits per heavy atom. The van der Waals surface area contributed by atoms with E-state index in [-0.39, 0.29) is 0 Å². The topological polar surface area (TPSA) is 51.8 Å². The molecule has 2 aromatic heterocycles. The van der Waals surface area contributed by atoms with Crippen LogP contribution in [0.5, 0.6) is 0 Å². The van der Waals surface area contributed by atoms with Gasteiger partial charge in [-0.2, -0.15) is 0 Å². The highest BCUT2D eigenvalue weighted by Gasteiger charge is 2.18. The van der Waals surface area contributed by atoms with Gasteiger partial charge in [-0.15, -0.1) is 0 Å². The van der Waals surface area contributed by atoms with E-state index in [0.717, 1.165) is 55.0 Å². The third kappa shape index (κ3) is 5.13. The van der Waals surface area contributed by atoms with Gasteiger partial charge < -0.3 is 4.42 Å². The summed E-state index contributed by atoms with van der Waals surface area (Å²) in [4.78, 5) is 14.7. The maximum Gasteiger partial charge on any atom is 0.164 e. The van der Waals surface area contributed by atoms with Crippen LogP contribution in [0.15, 0.2) is 180 Å². The van der Waals surface area contributed by atoms with Gasteiger partial charge >= 0.3 is 0 Å². The molecule has 0 N–H and O–H groups in total. The summed E-state index contributed by atoms with van der Waals surface area (Å²) in [6.45, 7) is 0. The van der Waals surface area contributed by atoms with Gasteiger partial charge in [0.25, 0.3) is 0 Å². The molecule has 0 unspecified atom stereocenters. The molecule has 0 spiro atoms. The number of furan rings is 1. The third-order valence-electron chi connectivity index (χ3n) is 9.72. The van der Waals surface area contributed by atoms with Crippen LogP contribution in [0.25, 0.3) is 99.9 Å².